The van der Waals surface area contributed by atoms with Gasteiger partial charge in [-0.15, -0.1) is 0 Å². The third-order valence-electron chi connectivity index (χ3n) is 2.99. The maximum atomic E-state index is 2.51. The Bertz CT molecular complexity index is 179. The van der Waals surface area contributed by atoms with Gasteiger partial charge >= 0.3 is 0 Å². The van der Waals surface area contributed by atoms with Gasteiger partial charge in [-0.2, -0.15) is 0 Å². The highest BCUT2D eigenvalue weighted by Crippen LogP contribution is 2.56. The van der Waals surface area contributed by atoms with Crippen molar-refractivity contribution in [2.75, 3.05) is 4.43 Å². The van der Waals surface area contributed by atoms with E-state index in [-0.39, 0.29) is 0 Å². The quantitative estimate of drug-likeness (QED) is 0.411. The number of halogens is 1. The van der Waals surface area contributed by atoms with E-state index in [1.54, 1.807) is 0 Å². The van der Waals surface area contributed by atoms with Crippen molar-refractivity contribution < 1.29 is 0 Å². The average Bonchev–Trinajstić information content (AvgIpc) is 2.61. The molecule has 0 heterocycles. The van der Waals surface area contributed by atoms with Crippen molar-refractivity contribution in [2.24, 2.45) is 11.3 Å². The van der Waals surface area contributed by atoms with Gasteiger partial charge in [0.2, 0.25) is 0 Å². The second-order valence-electron chi connectivity index (χ2n) is 4.53. The van der Waals surface area contributed by atoms with Crippen LogP contribution in [0.3, 0.4) is 0 Å². The van der Waals surface area contributed by atoms with Crippen molar-refractivity contribution in [3.05, 3.63) is 11.6 Å². The monoisotopic (exact) mass is 278 g/mol. The smallest absolute Gasteiger partial charge is 0.00291 e. The number of allylic oxidation sites excluding steroid dienone is 2. The standard InChI is InChI=1S/C11H19I/c1-9(2)5-4-6-11(3)7-10(11)8-12/h5,10H,4,6-8H2,1-3H3/t10-,11+/m0/s1. The van der Waals surface area contributed by atoms with Gasteiger partial charge in [-0.25, -0.2) is 0 Å². The zero-order valence-electron chi connectivity index (χ0n) is 8.36. The van der Waals surface area contributed by atoms with Crippen LogP contribution in [0.5, 0.6) is 0 Å². The fraction of sp³-hybridized carbons (Fsp3) is 0.818. The first kappa shape index (κ1) is 10.6. The van der Waals surface area contributed by atoms with Gasteiger partial charge in [-0.05, 0) is 44.4 Å². The molecule has 0 amide bonds. The lowest BCUT2D eigenvalue weighted by Crippen LogP contribution is -1.97. The Labute approximate surface area is 90.0 Å². The second kappa shape index (κ2) is 4.12. The molecule has 1 saturated carbocycles. The lowest BCUT2D eigenvalue weighted by atomic mass is 9.99. The van der Waals surface area contributed by atoms with E-state index >= 15 is 0 Å². The Balaban J connectivity index is 2.21. The lowest BCUT2D eigenvalue weighted by molar-refractivity contribution is 0.484. The Morgan fingerprint density at radius 3 is 2.67 bits per heavy atom. The molecule has 0 nitrogen and oxygen atoms in total. The largest absolute Gasteiger partial charge is 0.0861 e. The molecule has 0 N–H and O–H groups in total. The molecule has 1 rings (SSSR count). The van der Waals surface area contributed by atoms with E-state index < -0.39 is 0 Å². The van der Waals surface area contributed by atoms with Gasteiger partial charge in [0.15, 0.2) is 0 Å². The van der Waals surface area contributed by atoms with Crippen LogP contribution in [0.1, 0.15) is 40.0 Å². The predicted octanol–water partition coefficient (Wildman–Crippen LogP) is 4.19. The lowest BCUT2D eigenvalue weighted by Gasteiger charge is -2.07. The van der Waals surface area contributed by atoms with Crippen LogP contribution in [0.15, 0.2) is 11.6 Å². The normalized spacial score (nSPS) is 33.2. The zero-order valence-corrected chi connectivity index (χ0v) is 10.5. The fourth-order valence-corrected chi connectivity index (χ4v) is 3.12. The summed E-state index contributed by atoms with van der Waals surface area (Å²) >= 11 is 2.51. The van der Waals surface area contributed by atoms with E-state index in [0.29, 0.717) is 5.41 Å². The van der Waals surface area contributed by atoms with Crippen molar-refractivity contribution in [1.82, 2.24) is 0 Å². The molecule has 1 fully saturated rings. The van der Waals surface area contributed by atoms with Crippen LogP contribution >= 0.6 is 22.6 Å². The van der Waals surface area contributed by atoms with Crippen LogP contribution in [-0.2, 0) is 0 Å². The molecule has 0 aromatic heterocycles. The topological polar surface area (TPSA) is 0 Å². The van der Waals surface area contributed by atoms with Crippen molar-refractivity contribution in [3.63, 3.8) is 0 Å². The van der Waals surface area contributed by atoms with Crippen molar-refractivity contribution in [2.45, 2.75) is 40.0 Å². The molecule has 1 aliphatic rings. The summed E-state index contributed by atoms with van der Waals surface area (Å²) in [4.78, 5) is 0. The van der Waals surface area contributed by atoms with Crippen LogP contribution in [0.2, 0.25) is 0 Å². The summed E-state index contributed by atoms with van der Waals surface area (Å²) in [5, 5.41) is 0. The summed E-state index contributed by atoms with van der Waals surface area (Å²) in [5.74, 6) is 1.02. The number of alkyl halides is 1. The highest BCUT2D eigenvalue weighted by Gasteiger charge is 2.47. The Hall–Kier alpha value is 0.470. The van der Waals surface area contributed by atoms with Gasteiger partial charge in [-0.1, -0.05) is 41.2 Å². The first-order chi connectivity index (χ1) is 5.58. The summed E-state index contributed by atoms with van der Waals surface area (Å²) in [5.41, 5.74) is 2.16. The first-order valence-electron chi connectivity index (χ1n) is 4.78. The summed E-state index contributed by atoms with van der Waals surface area (Å²) in [7, 11) is 0. The van der Waals surface area contributed by atoms with Gasteiger partial charge in [-0.3, -0.25) is 0 Å². The minimum absolute atomic E-state index is 0.702. The molecular formula is C11H19I. The van der Waals surface area contributed by atoms with Crippen molar-refractivity contribution in [3.8, 4) is 0 Å². The Kier molecular flexibility index (Phi) is 3.62. The molecule has 1 heteroatoms. The molecule has 70 valence electrons. The molecule has 0 aromatic carbocycles. The molecular weight excluding hydrogens is 259 g/mol. The maximum Gasteiger partial charge on any atom is 0.00291 e. The summed E-state index contributed by atoms with van der Waals surface area (Å²) in [6.07, 6.45) is 6.51. The molecule has 0 unspecified atom stereocenters. The summed E-state index contributed by atoms with van der Waals surface area (Å²) < 4.78 is 1.35. The molecule has 2 atom stereocenters. The van der Waals surface area contributed by atoms with Gasteiger partial charge < -0.3 is 0 Å². The third-order valence-corrected chi connectivity index (χ3v) is 4.06. The Morgan fingerprint density at radius 2 is 2.25 bits per heavy atom. The molecule has 0 aromatic rings. The third kappa shape index (κ3) is 2.75. The summed E-state index contributed by atoms with van der Waals surface area (Å²) in [6, 6.07) is 0. The molecule has 0 radical (unpaired) electrons. The average molecular weight is 278 g/mol. The Morgan fingerprint density at radius 1 is 1.58 bits per heavy atom. The molecule has 12 heavy (non-hydrogen) atoms. The van der Waals surface area contributed by atoms with Crippen molar-refractivity contribution in [1.29, 1.82) is 0 Å². The van der Waals surface area contributed by atoms with E-state index in [1.807, 2.05) is 0 Å². The highest BCUT2D eigenvalue weighted by molar-refractivity contribution is 14.1. The van der Waals surface area contributed by atoms with Crippen LogP contribution in [0.25, 0.3) is 0 Å². The fourth-order valence-electron chi connectivity index (χ4n) is 1.74. The highest BCUT2D eigenvalue weighted by atomic mass is 127. The maximum absolute atomic E-state index is 2.51. The number of hydrogen-bond acceptors (Lipinski definition) is 0. The van der Waals surface area contributed by atoms with Gasteiger partial charge in [0.25, 0.3) is 0 Å². The van der Waals surface area contributed by atoms with Crippen molar-refractivity contribution >= 4 is 22.6 Å². The van der Waals surface area contributed by atoms with Crippen LogP contribution < -0.4 is 0 Å². The molecule has 1 aliphatic carbocycles. The summed E-state index contributed by atoms with van der Waals surface area (Å²) in [6.45, 7) is 6.81. The zero-order chi connectivity index (χ0) is 9.19. The number of hydrogen-bond donors (Lipinski definition) is 0. The second-order valence-corrected chi connectivity index (χ2v) is 5.41. The van der Waals surface area contributed by atoms with Gasteiger partial charge in [0.1, 0.15) is 0 Å². The van der Waals surface area contributed by atoms with Crippen LogP contribution in [0, 0.1) is 11.3 Å². The minimum atomic E-state index is 0.702. The number of rotatable bonds is 4. The van der Waals surface area contributed by atoms with Gasteiger partial charge in [0.05, 0.1) is 0 Å². The predicted molar refractivity (Wildman–Crippen MR) is 63.8 cm³/mol. The minimum Gasteiger partial charge on any atom is -0.0861 e. The molecule has 0 saturated heterocycles. The van der Waals surface area contributed by atoms with Gasteiger partial charge in [0, 0.05) is 4.43 Å². The van der Waals surface area contributed by atoms with E-state index in [4.69, 9.17) is 0 Å². The van der Waals surface area contributed by atoms with E-state index in [0.717, 1.165) is 5.92 Å². The van der Waals surface area contributed by atoms with E-state index in [2.05, 4.69) is 49.4 Å². The molecule has 0 spiro atoms. The molecule has 0 aliphatic heterocycles. The van der Waals surface area contributed by atoms with E-state index in [9.17, 15) is 0 Å². The van der Waals surface area contributed by atoms with E-state index in [1.165, 1.54) is 29.3 Å². The SMILES string of the molecule is CC(C)=CCC[C@]1(C)C[C@H]1CI. The first-order valence-corrected chi connectivity index (χ1v) is 6.30. The van der Waals surface area contributed by atoms with Crippen LogP contribution in [-0.4, -0.2) is 4.43 Å². The molecule has 0 bridgehead atoms. The van der Waals surface area contributed by atoms with Crippen LogP contribution in [0.4, 0.5) is 0 Å².